The van der Waals surface area contributed by atoms with Crippen LogP contribution in [-0.2, 0) is 6.54 Å². The number of ether oxygens (including phenoxy) is 1. The zero-order chi connectivity index (χ0) is 19.3. The lowest BCUT2D eigenvalue weighted by molar-refractivity contribution is 0.410. The van der Waals surface area contributed by atoms with Crippen LogP contribution in [0.15, 0.2) is 72.9 Å². The fourth-order valence-corrected chi connectivity index (χ4v) is 3.13. The second-order valence-corrected chi connectivity index (χ2v) is 6.54. The number of fused-ring (bicyclic) bond motifs is 1. The Morgan fingerprint density at radius 1 is 0.893 bits per heavy atom. The molecule has 0 fully saturated rings. The molecule has 0 amide bonds. The summed E-state index contributed by atoms with van der Waals surface area (Å²) >= 11 is 0. The summed E-state index contributed by atoms with van der Waals surface area (Å²) in [6, 6.07) is 22.2. The number of anilines is 3. The Kier molecular flexibility index (Phi) is 5.06. The number of methoxy groups -OCH3 is 1. The van der Waals surface area contributed by atoms with E-state index >= 15 is 0 Å². The zero-order valence-electron chi connectivity index (χ0n) is 15.9. The van der Waals surface area contributed by atoms with Crippen LogP contribution in [-0.4, -0.2) is 17.1 Å². The summed E-state index contributed by atoms with van der Waals surface area (Å²) in [4.78, 5) is 9.17. The highest BCUT2D eigenvalue weighted by atomic mass is 16.5. The third-order valence-corrected chi connectivity index (χ3v) is 4.67. The van der Waals surface area contributed by atoms with E-state index in [2.05, 4.69) is 39.7 Å². The molecule has 5 heteroatoms. The van der Waals surface area contributed by atoms with E-state index in [0.29, 0.717) is 12.5 Å². The van der Waals surface area contributed by atoms with E-state index in [4.69, 9.17) is 4.74 Å². The molecule has 0 spiro atoms. The maximum atomic E-state index is 5.40. The minimum Gasteiger partial charge on any atom is -0.496 e. The molecule has 4 aromatic rings. The first-order chi connectivity index (χ1) is 13.7. The number of para-hydroxylation sites is 2. The van der Waals surface area contributed by atoms with E-state index in [1.54, 1.807) is 7.11 Å². The maximum Gasteiger partial charge on any atom is 0.223 e. The standard InChI is InChI=1S/C23H22N4O/c1-16-8-3-5-10-19(16)26-20-11-7-12-21-18(20)15-25-23(27-21)24-14-17-9-4-6-13-22(17)28-2/h3-13,15,26H,14H2,1-2H3,(H,24,25,27). The molecule has 0 aliphatic carbocycles. The molecule has 0 saturated heterocycles. The third-order valence-electron chi connectivity index (χ3n) is 4.67. The monoisotopic (exact) mass is 370 g/mol. The van der Waals surface area contributed by atoms with Gasteiger partial charge in [0.25, 0.3) is 0 Å². The summed E-state index contributed by atoms with van der Waals surface area (Å²) in [5.74, 6) is 1.44. The zero-order valence-corrected chi connectivity index (χ0v) is 15.9. The normalized spacial score (nSPS) is 10.6. The fraction of sp³-hybridized carbons (Fsp3) is 0.130. The van der Waals surface area contributed by atoms with Crippen molar-refractivity contribution >= 4 is 28.2 Å². The SMILES string of the molecule is COc1ccccc1CNc1ncc2c(Nc3ccccc3C)cccc2n1. The molecular formula is C23H22N4O. The van der Waals surface area contributed by atoms with Crippen molar-refractivity contribution < 1.29 is 4.74 Å². The van der Waals surface area contributed by atoms with Gasteiger partial charge in [0, 0.05) is 35.1 Å². The Morgan fingerprint density at radius 2 is 1.68 bits per heavy atom. The van der Waals surface area contributed by atoms with Gasteiger partial charge in [-0.25, -0.2) is 9.97 Å². The van der Waals surface area contributed by atoms with Gasteiger partial charge in [0.15, 0.2) is 0 Å². The molecule has 0 unspecified atom stereocenters. The maximum absolute atomic E-state index is 5.40. The van der Waals surface area contributed by atoms with Crippen molar-refractivity contribution in [1.29, 1.82) is 0 Å². The number of rotatable bonds is 6. The van der Waals surface area contributed by atoms with Gasteiger partial charge >= 0.3 is 0 Å². The van der Waals surface area contributed by atoms with Crippen molar-refractivity contribution in [3.05, 3.63) is 84.1 Å². The van der Waals surface area contributed by atoms with Crippen LogP contribution in [0.2, 0.25) is 0 Å². The summed E-state index contributed by atoms with van der Waals surface area (Å²) in [5.41, 5.74) is 5.20. The van der Waals surface area contributed by atoms with Crippen molar-refractivity contribution in [3.63, 3.8) is 0 Å². The molecule has 1 heterocycles. The lowest BCUT2D eigenvalue weighted by Gasteiger charge is -2.13. The molecule has 0 aliphatic rings. The van der Waals surface area contributed by atoms with Crippen LogP contribution in [0.3, 0.4) is 0 Å². The molecule has 3 aromatic carbocycles. The highest BCUT2D eigenvalue weighted by Crippen LogP contribution is 2.27. The molecular weight excluding hydrogens is 348 g/mol. The van der Waals surface area contributed by atoms with Gasteiger partial charge in [-0.3, -0.25) is 0 Å². The van der Waals surface area contributed by atoms with Crippen LogP contribution >= 0.6 is 0 Å². The van der Waals surface area contributed by atoms with Gasteiger partial charge in [0.05, 0.1) is 12.6 Å². The van der Waals surface area contributed by atoms with E-state index < -0.39 is 0 Å². The molecule has 4 rings (SSSR count). The van der Waals surface area contributed by atoms with Gasteiger partial charge in [-0.05, 0) is 36.8 Å². The van der Waals surface area contributed by atoms with Crippen molar-refractivity contribution in [2.45, 2.75) is 13.5 Å². The molecule has 0 bridgehead atoms. The number of hydrogen-bond donors (Lipinski definition) is 2. The van der Waals surface area contributed by atoms with Gasteiger partial charge in [-0.2, -0.15) is 0 Å². The Morgan fingerprint density at radius 3 is 2.54 bits per heavy atom. The highest BCUT2D eigenvalue weighted by molar-refractivity contribution is 5.93. The molecule has 0 atom stereocenters. The number of hydrogen-bond acceptors (Lipinski definition) is 5. The highest BCUT2D eigenvalue weighted by Gasteiger charge is 2.07. The van der Waals surface area contributed by atoms with Crippen molar-refractivity contribution in [2.24, 2.45) is 0 Å². The Labute approximate surface area is 164 Å². The Balaban J connectivity index is 1.57. The average molecular weight is 370 g/mol. The molecule has 0 saturated carbocycles. The van der Waals surface area contributed by atoms with E-state index in [1.165, 1.54) is 5.56 Å². The lowest BCUT2D eigenvalue weighted by Crippen LogP contribution is -2.05. The molecule has 0 aliphatic heterocycles. The van der Waals surface area contributed by atoms with Gasteiger partial charge in [-0.15, -0.1) is 0 Å². The summed E-state index contributed by atoms with van der Waals surface area (Å²) in [6.45, 7) is 2.68. The fourth-order valence-electron chi connectivity index (χ4n) is 3.13. The second-order valence-electron chi connectivity index (χ2n) is 6.54. The molecule has 1 aromatic heterocycles. The third kappa shape index (κ3) is 3.74. The van der Waals surface area contributed by atoms with Crippen LogP contribution < -0.4 is 15.4 Å². The van der Waals surface area contributed by atoms with Gasteiger partial charge < -0.3 is 15.4 Å². The first-order valence-electron chi connectivity index (χ1n) is 9.19. The van der Waals surface area contributed by atoms with Crippen LogP contribution in [0.25, 0.3) is 10.9 Å². The summed E-state index contributed by atoms with van der Waals surface area (Å²) in [5, 5.41) is 7.75. The van der Waals surface area contributed by atoms with Crippen molar-refractivity contribution in [1.82, 2.24) is 9.97 Å². The van der Waals surface area contributed by atoms with Crippen LogP contribution in [0.1, 0.15) is 11.1 Å². The van der Waals surface area contributed by atoms with E-state index in [-0.39, 0.29) is 0 Å². The minimum atomic E-state index is 0.589. The first kappa shape index (κ1) is 17.8. The van der Waals surface area contributed by atoms with Crippen LogP contribution in [0.4, 0.5) is 17.3 Å². The van der Waals surface area contributed by atoms with Crippen LogP contribution in [0.5, 0.6) is 5.75 Å². The molecule has 0 radical (unpaired) electrons. The van der Waals surface area contributed by atoms with Crippen molar-refractivity contribution in [2.75, 3.05) is 17.7 Å². The number of nitrogens with one attached hydrogen (secondary N) is 2. The van der Waals surface area contributed by atoms with E-state index in [0.717, 1.165) is 33.6 Å². The predicted molar refractivity (Wildman–Crippen MR) is 114 cm³/mol. The lowest BCUT2D eigenvalue weighted by atomic mass is 10.1. The molecule has 5 nitrogen and oxygen atoms in total. The summed E-state index contributed by atoms with van der Waals surface area (Å²) in [6.07, 6.45) is 1.85. The smallest absolute Gasteiger partial charge is 0.223 e. The summed E-state index contributed by atoms with van der Waals surface area (Å²) in [7, 11) is 1.67. The average Bonchev–Trinajstić information content (AvgIpc) is 2.74. The Hall–Kier alpha value is -3.60. The number of aryl methyl sites for hydroxylation is 1. The molecule has 140 valence electrons. The Bertz CT molecular complexity index is 1110. The quantitative estimate of drug-likeness (QED) is 0.482. The van der Waals surface area contributed by atoms with Gasteiger partial charge in [0.1, 0.15) is 5.75 Å². The van der Waals surface area contributed by atoms with Gasteiger partial charge in [0.2, 0.25) is 5.95 Å². The minimum absolute atomic E-state index is 0.589. The first-order valence-corrected chi connectivity index (χ1v) is 9.19. The topological polar surface area (TPSA) is 59.1 Å². The second kappa shape index (κ2) is 7.96. The van der Waals surface area contributed by atoms with E-state index in [9.17, 15) is 0 Å². The molecule has 2 N–H and O–H groups in total. The predicted octanol–water partition coefficient (Wildman–Crippen LogP) is 5.30. The van der Waals surface area contributed by atoms with Crippen LogP contribution in [0, 0.1) is 6.92 Å². The summed E-state index contributed by atoms with van der Waals surface area (Å²) < 4.78 is 5.40. The van der Waals surface area contributed by atoms with Crippen molar-refractivity contribution in [3.8, 4) is 5.75 Å². The number of nitrogens with zero attached hydrogens (tertiary/aromatic N) is 2. The van der Waals surface area contributed by atoms with E-state index in [1.807, 2.05) is 60.8 Å². The largest absolute Gasteiger partial charge is 0.496 e. The van der Waals surface area contributed by atoms with Gasteiger partial charge in [-0.1, -0.05) is 42.5 Å². The number of benzene rings is 3. The number of aromatic nitrogens is 2. The molecule has 28 heavy (non-hydrogen) atoms.